The molecule has 0 spiro atoms. The van der Waals surface area contributed by atoms with Crippen molar-refractivity contribution in [1.29, 1.82) is 0 Å². The summed E-state index contributed by atoms with van der Waals surface area (Å²) in [6.07, 6.45) is 0.183. The van der Waals surface area contributed by atoms with Gasteiger partial charge in [0.05, 0.1) is 11.0 Å². The lowest BCUT2D eigenvalue weighted by Gasteiger charge is -2.18. The van der Waals surface area contributed by atoms with E-state index in [9.17, 15) is 0 Å². The molecule has 0 aliphatic rings. The molecule has 8 aromatic carbocycles. The van der Waals surface area contributed by atoms with Gasteiger partial charge in [-0.1, -0.05) is 133 Å². The summed E-state index contributed by atoms with van der Waals surface area (Å²) in [5.74, 6) is 0. The maximum absolute atomic E-state index is 9.15. The van der Waals surface area contributed by atoms with Crippen LogP contribution in [-0.2, 0) is 6.42 Å². The molecule has 0 saturated carbocycles. The summed E-state index contributed by atoms with van der Waals surface area (Å²) < 4.78 is 71.0. The first kappa shape index (κ1) is 15.5. The van der Waals surface area contributed by atoms with Crippen LogP contribution in [0.2, 0.25) is 0 Å². The quantitative estimate of drug-likeness (QED) is 0.166. The van der Waals surface area contributed by atoms with E-state index in [-0.39, 0.29) is 52.1 Å². The molecule has 0 unspecified atom stereocenters. The van der Waals surface area contributed by atoms with Crippen molar-refractivity contribution in [3.05, 3.63) is 157 Å². The predicted molar refractivity (Wildman–Crippen MR) is 169 cm³/mol. The Morgan fingerprint density at radius 2 is 1.08 bits per heavy atom. The van der Waals surface area contributed by atoms with Crippen molar-refractivity contribution in [3.63, 3.8) is 0 Å². The van der Waals surface area contributed by atoms with Crippen LogP contribution in [0.4, 0.5) is 0 Å². The molecule has 182 valence electrons. The minimum absolute atomic E-state index is 0.183. The molecular weight excluding hydrogens is 468 g/mol. The summed E-state index contributed by atoms with van der Waals surface area (Å²) >= 11 is 0. The van der Waals surface area contributed by atoms with E-state index < -0.39 is 24.2 Å². The Morgan fingerprint density at radius 3 is 1.79 bits per heavy atom. The van der Waals surface area contributed by atoms with E-state index >= 15 is 0 Å². The van der Waals surface area contributed by atoms with Gasteiger partial charge in [0.2, 0.25) is 0 Å². The van der Waals surface area contributed by atoms with Crippen LogP contribution < -0.4 is 0 Å². The highest BCUT2D eigenvalue weighted by Gasteiger charge is 2.16. The number of rotatable bonds is 3. The topological polar surface area (TPSA) is 0 Å². The van der Waals surface area contributed by atoms with Crippen molar-refractivity contribution in [2.75, 3.05) is 0 Å². The van der Waals surface area contributed by atoms with E-state index in [1.807, 2.05) is 42.5 Å². The molecule has 0 saturated heterocycles. The molecule has 0 nitrogen and oxygen atoms in total. The zero-order valence-electron chi connectivity index (χ0n) is 28.9. The summed E-state index contributed by atoms with van der Waals surface area (Å²) in [7, 11) is 0. The molecule has 0 aliphatic heterocycles. The molecule has 0 aromatic heterocycles. The highest BCUT2D eigenvalue weighted by atomic mass is 14.2. The molecule has 0 fully saturated rings. The first-order valence-corrected chi connectivity index (χ1v) is 13.0. The van der Waals surface area contributed by atoms with Gasteiger partial charge in [0, 0.05) is 0 Å². The van der Waals surface area contributed by atoms with Crippen LogP contribution in [-0.4, -0.2) is 0 Å². The Labute approximate surface area is 239 Å². The van der Waals surface area contributed by atoms with Crippen molar-refractivity contribution < 1.29 is 11.0 Å². The van der Waals surface area contributed by atoms with Gasteiger partial charge in [-0.25, -0.2) is 0 Å². The molecule has 0 heterocycles. The van der Waals surface area contributed by atoms with E-state index in [0.29, 0.717) is 16.7 Å². The van der Waals surface area contributed by atoms with Gasteiger partial charge in [-0.2, -0.15) is 0 Å². The molecular formula is C39H26. The number of benzene rings is 8. The van der Waals surface area contributed by atoms with Crippen molar-refractivity contribution >= 4 is 53.9 Å². The maximum atomic E-state index is 9.15. The van der Waals surface area contributed by atoms with Crippen LogP contribution in [0, 0.1) is 0 Å². The van der Waals surface area contributed by atoms with Crippen LogP contribution in [0.1, 0.15) is 22.1 Å². The van der Waals surface area contributed by atoms with Gasteiger partial charge >= 0.3 is 0 Å². The van der Waals surface area contributed by atoms with Gasteiger partial charge in [-0.15, -0.1) is 0 Å². The SMILES string of the molecule is [2H]c1c([2H])c([2H])c2c(-c3ccccc3)c3c([2H])c([2H])c([2H])c([2H])c3c(Cc3cccc4c3ccc3cc5ccccc5cc34)c2c1[2H]. The Balaban J connectivity index is 1.53. The molecule has 0 bridgehead atoms. The molecule has 0 aliphatic carbocycles. The molecule has 8 aromatic rings. The molecule has 39 heavy (non-hydrogen) atoms. The summed E-state index contributed by atoms with van der Waals surface area (Å²) in [4.78, 5) is 0. The average molecular weight is 503 g/mol. The van der Waals surface area contributed by atoms with Gasteiger partial charge in [0.15, 0.2) is 0 Å². The number of hydrogen-bond donors (Lipinski definition) is 0. The van der Waals surface area contributed by atoms with Crippen LogP contribution in [0.15, 0.2) is 145 Å². The largest absolute Gasteiger partial charge is 0.0629 e. The van der Waals surface area contributed by atoms with E-state index in [4.69, 9.17) is 11.0 Å². The van der Waals surface area contributed by atoms with Gasteiger partial charge in [-0.05, 0) is 94.7 Å². The third-order valence-electron chi connectivity index (χ3n) is 7.74. The van der Waals surface area contributed by atoms with Gasteiger partial charge in [-0.3, -0.25) is 0 Å². The zero-order valence-corrected chi connectivity index (χ0v) is 20.9. The van der Waals surface area contributed by atoms with Gasteiger partial charge < -0.3 is 0 Å². The minimum atomic E-state index is -0.394. The number of fused-ring (bicyclic) bond motifs is 6. The fraction of sp³-hybridized carbons (Fsp3) is 0.0256. The monoisotopic (exact) mass is 502 g/mol. The molecule has 8 rings (SSSR count). The smallest absolute Gasteiger partial charge is 0.0622 e. The van der Waals surface area contributed by atoms with E-state index in [0.717, 1.165) is 37.9 Å². The summed E-state index contributed by atoms with van der Waals surface area (Å²) in [5, 5.41) is 7.45. The summed E-state index contributed by atoms with van der Waals surface area (Å²) in [5.41, 5.74) is 2.30. The van der Waals surface area contributed by atoms with Crippen LogP contribution >= 0.6 is 0 Å². The van der Waals surface area contributed by atoms with E-state index in [2.05, 4.69) is 42.5 Å². The summed E-state index contributed by atoms with van der Waals surface area (Å²) in [6, 6.07) is 29.3. The van der Waals surface area contributed by atoms with Crippen molar-refractivity contribution in [1.82, 2.24) is 0 Å². The minimum Gasteiger partial charge on any atom is -0.0622 e. The Bertz CT molecular complexity index is 2550. The van der Waals surface area contributed by atoms with Crippen LogP contribution in [0.25, 0.3) is 65.0 Å². The lowest BCUT2D eigenvalue weighted by Crippen LogP contribution is -1.96. The standard InChI is InChI=1S/C39H26/c1-2-11-26(12-3-1)39-35-18-8-6-16-33(35)38(34-17-7-9-19-36(34)39)25-29-15-10-20-32-31(29)22-21-30-23-27-13-4-5-14-28(27)24-37(30)32/h1-24H,25H2/i6D,7D,8D,9D,16D,17D,18D,19D. The Morgan fingerprint density at radius 1 is 0.436 bits per heavy atom. The number of hydrogen-bond acceptors (Lipinski definition) is 0. The zero-order chi connectivity index (χ0) is 32.7. The van der Waals surface area contributed by atoms with Crippen LogP contribution in [0.5, 0.6) is 0 Å². The molecule has 0 heteroatoms. The third-order valence-corrected chi connectivity index (χ3v) is 7.74. The van der Waals surface area contributed by atoms with Crippen molar-refractivity contribution in [2.24, 2.45) is 0 Å². The second kappa shape index (κ2) is 8.82. The fourth-order valence-electron chi connectivity index (χ4n) is 5.96. The normalized spacial score (nSPS) is 14.6. The Hall–Kier alpha value is -4.94. The fourth-order valence-corrected chi connectivity index (χ4v) is 5.96. The van der Waals surface area contributed by atoms with E-state index in [1.54, 1.807) is 12.1 Å². The molecule has 0 amide bonds. The highest BCUT2D eigenvalue weighted by Crippen LogP contribution is 2.41. The van der Waals surface area contributed by atoms with Gasteiger partial charge in [0.1, 0.15) is 0 Å². The lowest BCUT2D eigenvalue weighted by molar-refractivity contribution is 1.26. The van der Waals surface area contributed by atoms with Crippen molar-refractivity contribution in [3.8, 4) is 11.1 Å². The maximum Gasteiger partial charge on any atom is 0.0629 e. The summed E-state index contributed by atoms with van der Waals surface area (Å²) in [6.45, 7) is 0. The highest BCUT2D eigenvalue weighted by molar-refractivity contribution is 6.16. The average Bonchev–Trinajstić information content (AvgIpc) is 3.10. The Kier molecular flexibility index (Phi) is 3.50. The van der Waals surface area contributed by atoms with Gasteiger partial charge in [0.25, 0.3) is 0 Å². The predicted octanol–water partition coefficient (Wildman–Crippen LogP) is 10.7. The van der Waals surface area contributed by atoms with Crippen LogP contribution in [0.3, 0.4) is 0 Å². The second-order valence-electron chi connectivity index (χ2n) is 9.89. The molecule has 0 atom stereocenters. The van der Waals surface area contributed by atoms with Crippen molar-refractivity contribution in [2.45, 2.75) is 6.42 Å². The third kappa shape index (κ3) is 3.53. The first-order chi connectivity index (χ1) is 22.7. The molecule has 0 radical (unpaired) electrons. The second-order valence-corrected chi connectivity index (χ2v) is 9.89. The first-order valence-electron chi connectivity index (χ1n) is 17.0. The lowest BCUT2D eigenvalue weighted by atomic mass is 9.85. The molecule has 0 N–H and O–H groups in total. The van der Waals surface area contributed by atoms with E-state index in [1.165, 1.54) is 0 Å².